The predicted molar refractivity (Wildman–Crippen MR) is 60.3 cm³/mol. The van der Waals surface area contributed by atoms with Gasteiger partial charge in [0.05, 0.1) is 12.7 Å². The maximum atomic E-state index is 11.3. The molecule has 1 saturated heterocycles. The van der Waals surface area contributed by atoms with E-state index in [-0.39, 0.29) is 5.97 Å². The first kappa shape index (κ1) is 10.9. The zero-order chi connectivity index (χ0) is 11.5. The predicted octanol–water partition coefficient (Wildman–Crippen LogP) is 2.11. The first-order valence-electron chi connectivity index (χ1n) is 5.23. The summed E-state index contributed by atoms with van der Waals surface area (Å²) in [7, 11) is 0. The molecule has 0 bridgehead atoms. The van der Waals surface area contributed by atoms with E-state index in [9.17, 15) is 4.79 Å². The van der Waals surface area contributed by atoms with Gasteiger partial charge in [0.25, 0.3) is 0 Å². The van der Waals surface area contributed by atoms with Gasteiger partial charge in [0, 0.05) is 12.0 Å². The number of benzene rings is 1. The molecule has 2 rings (SSSR count). The van der Waals surface area contributed by atoms with Crippen molar-refractivity contribution in [2.24, 2.45) is 0 Å². The molecule has 84 valence electrons. The fraction of sp³-hybridized carbons (Fsp3) is 0.308. The molecule has 0 aliphatic carbocycles. The smallest absolute Gasteiger partial charge is 0.338 e. The largest absolute Gasteiger partial charge is 0.423 e. The Kier molecular flexibility index (Phi) is 3.06. The van der Waals surface area contributed by atoms with Crippen LogP contribution in [0.15, 0.2) is 36.4 Å². The van der Waals surface area contributed by atoms with E-state index in [1.54, 1.807) is 13.0 Å². The Labute approximate surface area is 94.7 Å². The molecule has 16 heavy (non-hydrogen) atoms. The molecular formula is C13H14O3. The quantitative estimate of drug-likeness (QED) is 0.336. The summed E-state index contributed by atoms with van der Waals surface area (Å²) in [6.07, 6.45) is 1.21. The summed E-state index contributed by atoms with van der Waals surface area (Å²) >= 11 is 0. The summed E-state index contributed by atoms with van der Waals surface area (Å²) in [6.45, 7) is 6.00. The highest BCUT2D eigenvalue weighted by Crippen LogP contribution is 2.20. The van der Waals surface area contributed by atoms with Gasteiger partial charge in [-0.1, -0.05) is 18.7 Å². The van der Waals surface area contributed by atoms with Gasteiger partial charge in [-0.05, 0) is 24.6 Å². The van der Waals surface area contributed by atoms with Gasteiger partial charge in [-0.2, -0.15) is 0 Å². The van der Waals surface area contributed by atoms with Crippen LogP contribution in [0.25, 0.3) is 0 Å². The van der Waals surface area contributed by atoms with E-state index < -0.39 is 0 Å². The molecule has 1 aromatic rings. The van der Waals surface area contributed by atoms with Crippen LogP contribution in [0.4, 0.5) is 0 Å². The molecule has 1 fully saturated rings. The number of hydrogen-bond acceptors (Lipinski definition) is 3. The van der Waals surface area contributed by atoms with E-state index in [1.807, 2.05) is 18.2 Å². The van der Waals surface area contributed by atoms with E-state index >= 15 is 0 Å². The molecule has 1 unspecified atom stereocenters. The lowest BCUT2D eigenvalue weighted by molar-refractivity contribution is -0.130. The second-order valence-corrected chi connectivity index (χ2v) is 3.98. The zero-order valence-corrected chi connectivity index (χ0v) is 9.23. The Morgan fingerprint density at radius 1 is 1.62 bits per heavy atom. The third kappa shape index (κ3) is 2.94. The molecule has 0 spiro atoms. The van der Waals surface area contributed by atoms with Crippen LogP contribution >= 0.6 is 0 Å². The fourth-order valence-corrected chi connectivity index (χ4v) is 1.38. The Balaban J connectivity index is 2.03. The van der Waals surface area contributed by atoms with Gasteiger partial charge in [-0.25, -0.2) is 4.79 Å². The SMILES string of the molecule is C=C(C)C(=O)Oc1cccc(CC2CO2)c1. The number of hydrogen-bond donors (Lipinski definition) is 0. The van der Waals surface area contributed by atoms with Gasteiger partial charge in [0.1, 0.15) is 5.75 Å². The molecule has 0 radical (unpaired) electrons. The molecule has 1 heterocycles. The third-order valence-electron chi connectivity index (χ3n) is 2.32. The molecule has 0 saturated carbocycles. The van der Waals surface area contributed by atoms with Crippen molar-refractivity contribution in [3.8, 4) is 5.75 Å². The van der Waals surface area contributed by atoms with Crippen LogP contribution < -0.4 is 4.74 Å². The topological polar surface area (TPSA) is 38.8 Å². The second kappa shape index (κ2) is 4.49. The van der Waals surface area contributed by atoms with Gasteiger partial charge in [0.15, 0.2) is 0 Å². The number of epoxide rings is 1. The van der Waals surface area contributed by atoms with Crippen molar-refractivity contribution in [3.63, 3.8) is 0 Å². The molecule has 1 aliphatic heterocycles. The summed E-state index contributed by atoms with van der Waals surface area (Å²) < 4.78 is 10.3. The molecule has 0 N–H and O–H groups in total. The molecule has 1 atom stereocenters. The number of esters is 1. The number of rotatable bonds is 4. The average molecular weight is 218 g/mol. The zero-order valence-electron chi connectivity index (χ0n) is 9.23. The lowest BCUT2D eigenvalue weighted by atomic mass is 10.1. The summed E-state index contributed by atoms with van der Waals surface area (Å²) in [6, 6.07) is 7.50. The standard InChI is InChI=1S/C13H14O3/c1-9(2)13(14)16-11-5-3-4-10(6-11)7-12-8-15-12/h3-6,12H,1,7-8H2,2H3. The van der Waals surface area contributed by atoms with Gasteiger partial charge < -0.3 is 9.47 Å². The minimum atomic E-state index is -0.389. The first-order valence-corrected chi connectivity index (χ1v) is 5.23. The minimum absolute atomic E-state index is 0.340. The van der Waals surface area contributed by atoms with Crippen molar-refractivity contribution in [2.45, 2.75) is 19.4 Å². The highest BCUT2D eigenvalue weighted by molar-refractivity contribution is 5.88. The van der Waals surface area contributed by atoms with Gasteiger partial charge in [-0.15, -0.1) is 0 Å². The van der Waals surface area contributed by atoms with Gasteiger partial charge >= 0.3 is 5.97 Å². The third-order valence-corrected chi connectivity index (χ3v) is 2.32. The fourth-order valence-electron chi connectivity index (χ4n) is 1.38. The van der Waals surface area contributed by atoms with Crippen LogP contribution in [0.2, 0.25) is 0 Å². The normalized spacial score (nSPS) is 17.9. The lowest BCUT2D eigenvalue weighted by Crippen LogP contribution is -2.08. The van der Waals surface area contributed by atoms with Crippen molar-refractivity contribution >= 4 is 5.97 Å². The molecule has 1 aromatic carbocycles. The number of ether oxygens (including phenoxy) is 2. The number of carbonyl (C=O) groups excluding carboxylic acids is 1. The Morgan fingerprint density at radius 3 is 3.00 bits per heavy atom. The van der Waals surface area contributed by atoms with E-state index in [2.05, 4.69) is 6.58 Å². The minimum Gasteiger partial charge on any atom is -0.423 e. The van der Waals surface area contributed by atoms with Crippen molar-refractivity contribution in [3.05, 3.63) is 42.0 Å². The molecule has 0 amide bonds. The monoisotopic (exact) mass is 218 g/mol. The average Bonchev–Trinajstić information content (AvgIpc) is 3.02. The highest BCUT2D eigenvalue weighted by atomic mass is 16.6. The van der Waals surface area contributed by atoms with Crippen LogP contribution in [-0.2, 0) is 16.0 Å². The summed E-state index contributed by atoms with van der Waals surface area (Å²) in [5.41, 5.74) is 1.52. The lowest BCUT2D eigenvalue weighted by Gasteiger charge is -2.05. The Hall–Kier alpha value is -1.61. The summed E-state index contributed by atoms with van der Waals surface area (Å²) in [4.78, 5) is 11.3. The summed E-state index contributed by atoms with van der Waals surface area (Å²) in [5.74, 6) is 0.172. The molecule has 3 nitrogen and oxygen atoms in total. The van der Waals surface area contributed by atoms with E-state index in [0.29, 0.717) is 17.4 Å². The van der Waals surface area contributed by atoms with Crippen LogP contribution in [0.3, 0.4) is 0 Å². The van der Waals surface area contributed by atoms with Crippen LogP contribution in [0.5, 0.6) is 5.75 Å². The maximum absolute atomic E-state index is 11.3. The molecule has 3 heteroatoms. The Bertz CT molecular complexity index is 419. The van der Waals surface area contributed by atoms with Crippen molar-refractivity contribution in [1.29, 1.82) is 0 Å². The summed E-state index contributed by atoms with van der Waals surface area (Å²) in [5, 5.41) is 0. The van der Waals surface area contributed by atoms with E-state index in [1.165, 1.54) is 0 Å². The molecule has 1 aliphatic rings. The van der Waals surface area contributed by atoms with Gasteiger partial charge in [-0.3, -0.25) is 0 Å². The van der Waals surface area contributed by atoms with Crippen molar-refractivity contribution in [2.75, 3.05) is 6.61 Å². The molecule has 0 aromatic heterocycles. The van der Waals surface area contributed by atoms with Crippen LogP contribution in [0.1, 0.15) is 12.5 Å². The van der Waals surface area contributed by atoms with E-state index in [0.717, 1.165) is 18.6 Å². The molecular weight excluding hydrogens is 204 g/mol. The van der Waals surface area contributed by atoms with Crippen LogP contribution in [0, 0.1) is 0 Å². The van der Waals surface area contributed by atoms with Crippen molar-refractivity contribution in [1.82, 2.24) is 0 Å². The van der Waals surface area contributed by atoms with E-state index in [4.69, 9.17) is 9.47 Å². The maximum Gasteiger partial charge on any atom is 0.338 e. The highest BCUT2D eigenvalue weighted by Gasteiger charge is 2.22. The van der Waals surface area contributed by atoms with Crippen LogP contribution in [-0.4, -0.2) is 18.7 Å². The first-order chi connectivity index (χ1) is 7.65. The Morgan fingerprint density at radius 2 is 2.38 bits per heavy atom. The van der Waals surface area contributed by atoms with Gasteiger partial charge in [0.2, 0.25) is 0 Å². The number of carbonyl (C=O) groups is 1. The second-order valence-electron chi connectivity index (χ2n) is 3.98. The van der Waals surface area contributed by atoms with Crippen molar-refractivity contribution < 1.29 is 14.3 Å².